The van der Waals surface area contributed by atoms with E-state index in [4.69, 9.17) is 4.74 Å². The van der Waals surface area contributed by atoms with E-state index in [-0.39, 0.29) is 24.0 Å². The number of hydrogen-bond acceptors (Lipinski definition) is 4. The van der Waals surface area contributed by atoms with Crippen LogP contribution in [0.4, 0.5) is 10.1 Å². The molecule has 0 aromatic heterocycles. The van der Waals surface area contributed by atoms with Gasteiger partial charge in [0.15, 0.2) is 0 Å². The van der Waals surface area contributed by atoms with Crippen LogP contribution in [-0.2, 0) is 21.3 Å². The molecule has 0 bridgehead atoms. The molecule has 7 heteroatoms. The Balaban J connectivity index is 1.32. The molecular weight excluding hydrogens is 427 g/mol. The molecule has 0 saturated carbocycles. The van der Waals surface area contributed by atoms with Gasteiger partial charge in [0.1, 0.15) is 11.1 Å². The zero-order valence-corrected chi connectivity index (χ0v) is 19.4. The lowest BCUT2D eigenvalue weighted by Crippen LogP contribution is -2.52. The van der Waals surface area contributed by atoms with E-state index in [2.05, 4.69) is 4.90 Å². The quantitative estimate of drug-likeness (QED) is 0.670. The van der Waals surface area contributed by atoms with E-state index in [1.54, 1.807) is 12.1 Å². The number of nitrogens with zero attached hydrogens (tertiary/aromatic N) is 2. The van der Waals surface area contributed by atoms with Crippen molar-refractivity contribution in [2.45, 2.75) is 62.5 Å². The van der Waals surface area contributed by atoms with Gasteiger partial charge in [0.25, 0.3) is 0 Å². The zero-order chi connectivity index (χ0) is 22.3. The van der Waals surface area contributed by atoms with Gasteiger partial charge >= 0.3 is 0 Å². The fraction of sp³-hybridized carbons (Fsp3) is 0.520. The first-order valence-electron chi connectivity index (χ1n) is 11.6. The van der Waals surface area contributed by atoms with E-state index in [0.717, 1.165) is 56.6 Å². The Hall–Kier alpha value is -1.96. The lowest BCUT2D eigenvalue weighted by molar-refractivity contribution is -0.158. The van der Waals surface area contributed by atoms with Crippen molar-refractivity contribution < 1.29 is 17.5 Å². The minimum absolute atomic E-state index is 0.0586. The van der Waals surface area contributed by atoms with Gasteiger partial charge in [-0.2, -0.15) is 4.31 Å². The van der Waals surface area contributed by atoms with Crippen LogP contribution in [0, 0.1) is 5.82 Å². The van der Waals surface area contributed by atoms with Crippen molar-refractivity contribution in [1.82, 2.24) is 4.31 Å². The van der Waals surface area contributed by atoms with Crippen LogP contribution in [0.2, 0.25) is 0 Å². The molecule has 3 aliphatic heterocycles. The first kappa shape index (κ1) is 21.9. The standard InChI is InChI=1S/C25H31FN2O3S/c1-19-7-10-24(20-5-3-2-4-6-20)32(29,30)28(19)18-21-8-9-22(17-23(21)26)27-14-11-25(12-15-27)13-16-31-25/h2-6,8-9,17,19,24H,7,10-16,18H2,1H3/t19-,24+/m0/s1. The van der Waals surface area contributed by atoms with Crippen LogP contribution in [0.25, 0.3) is 0 Å². The van der Waals surface area contributed by atoms with Gasteiger partial charge in [-0.25, -0.2) is 12.8 Å². The molecule has 3 saturated heterocycles. The van der Waals surface area contributed by atoms with Crippen molar-refractivity contribution in [3.05, 3.63) is 65.5 Å². The van der Waals surface area contributed by atoms with Crippen molar-refractivity contribution in [3.8, 4) is 0 Å². The topological polar surface area (TPSA) is 49.9 Å². The molecule has 1 spiro atoms. The Kier molecular flexibility index (Phi) is 5.76. The molecule has 0 radical (unpaired) electrons. The number of rotatable bonds is 4. The summed E-state index contributed by atoms with van der Waals surface area (Å²) in [6.45, 7) is 4.55. The first-order valence-corrected chi connectivity index (χ1v) is 13.1. The van der Waals surface area contributed by atoms with Gasteiger partial charge in [0.2, 0.25) is 10.0 Å². The molecule has 3 heterocycles. The van der Waals surface area contributed by atoms with Crippen molar-refractivity contribution >= 4 is 15.7 Å². The van der Waals surface area contributed by atoms with E-state index < -0.39 is 15.3 Å². The molecule has 2 aromatic rings. The van der Waals surface area contributed by atoms with E-state index in [1.165, 1.54) is 4.31 Å². The predicted molar refractivity (Wildman–Crippen MR) is 123 cm³/mol. The fourth-order valence-corrected chi connectivity index (χ4v) is 7.53. The molecule has 0 N–H and O–H groups in total. The van der Waals surface area contributed by atoms with Crippen LogP contribution < -0.4 is 4.90 Å². The lowest BCUT2D eigenvalue weighted by Gasteiger charge is -2.48. The second-order valence-corrected chi connectivity index (χ2v) is 11.5. The lowest BCUT2D eigenvalue weighted by atomic mass is 9.84. The van der Waals surface area contributed by atoms with Crippen LogP contribution in [0.1, 0.15) is 55.4 Å². The van der Waals surface area contributed by atoms with Gasteiger partial charge in [-0.1, -0.05) is 36.4 Å². The molecule has 0 unspecified atom stereocenters. The molecule has 5 nitrogen and oxygen atoms in total. The van der Waals surface area contributed by atoms with Gasteiger partial charge < -0.3 is 9.64 Å². The molecule has 0 amide bonds. The summed E-state index contributed by atoms with van der Waals surface area (Å²) < 4.78 is 49.2. The maximum atomic E-state index is 15.1. The number of sulfonamides is 1. The smallest absolute Gasteiger partial charge is 0.221 e. The molecule has 3 fully saturated rings. The van der Waals surface area contributed by atoms with Crippen molar-refractivity contribution in [2.75, 3.05) is 24.6 Å². The number of benzene rings is 2. The molecule has 0 aliphatic carbocycles. The Bertz CT molecular complexity index is 1060. The Labute approximate surface area is 190 Å². The summed E-state index contributed by atoms with van der Waals surface area (Å²) in [5.74, 6) is -0.341. The third-order valence-corrected chi connectivity index (χ3v) is 9.93. The van der Waals surface area contributed by atoms with Gasteiger partial charge in [-0.15, -0.1) is 0 Å². The Morgan fingerprint density at radius 2 is 1.78 bits per heavy atom. The SMILES string of the molecule is C[C@H]1CC[C@H](c2ccccc2)S(=O)(=O)N1Cc1ccc(N2CCC3(CCO3)CC2)cc1F. The summed E-state index contributed by atoms with van der Waals surface area (Å²) in [6.07, 6.45) is 4.42. The van der Waals surface area contributed by atoms with Gasteiger partial charge in [0, 0.05) is 36.9 Å². The van der Waals surface area contributed by atoms with E-state index in [1.807, 2.05) is 43.3 Å². The molecule has 3 aliphatic rings. The molecule has 32 heavy (non-hydrogen) atoms. The maximum absolute atomic E-state index is 15.1. The molecule has 2 atom stereocenters. The minimum Gasteiger partial charge on any atom is -0.375 e. The molecule has 172 valence electrons. The van der Waals surface area contributed by atoms with E-state index >= 15 is 4.39 Å². The summed E-state index contributed by atoms with van der Waals surface area (Å²) in [4.78, 5) is 2.20. The van der Waals surface area contributed by atoms with Gasteiger partial charge in [-0.3, -0.25) is 0 Å². The summed E-state index contributed by atoms with van der Waals surface area (Å²) >= 11 is 0. The van der Waals surface area contributed by atoms with Crippen molar-refractivity contribution in [3.63, 3.8) is 0 Å². The Morgan fingerprint density at radius 1 is 1.06 bits per heavy atom. The highest BCUT2D eigenvalue weighted by Crippen LogP contribution is 2.40. The number of hydrogen-bond donors (Lipinski definition) is 0. The van der Waals surface area contributed by atoms with Crippen LogP contribution >= 0.6 is 0 Å². The highest BCUT2D eigenvalue weighted by Gasteiger charge is 2.42. The fourth-order valence-electron chi connectivity index (χ4n) is 5.34. The highest BCUT2D eigenvalue weighted by atomic mass is 32.2. The van der Waals surface area contributed by atoms with Crippen LogP contribution in [0.15, 0.2) is 48.5 Å². The monoisotopic (exact) mass is 458 g/mol. The van der Waals surface area contributed by atoms with Crippen molar-refractivity contribution in [2.24, 2.45) is 0 Å². The summed E-state index contributed by atoms with van der Waals surface area (Å²) in [5, 5.41) is -0.573. The average molecular weight is 459 g/mol. The highest BCUT2D eigenvalue weighted by molar-refractivity contribution is 7.89. The van der Waals surface area contributed by atoms with Crippen LogP contribution in [0.3, 0.4) is 0 Å². The zero-order valence-electron chi connectivity index (χ0n) is 18.5. The summed E-state index contributed by atoms with van der Waals surface area (Å²) in [7, 11) is -3.58. The number of halogens is 1. The maximum Gasteiger partial charge on any atom is 0.221 e. The van der Waals surface area contributed by atoms with Gasteiger partial charge in [-0.05, 0) is 56.7 Å². The second-order valence-electron chi connectivity index (χ2n) is 9.46. The third-order valence-electron chi connectivity index (χ3n) is 7.56. The molecule has 2 aromatic carbocycles. The predicted octanol–water partition coefficient (Wildman–Crippen LogP) is 4.64. The Morgan fingerprint density at radius 3 is 2.41 bits per heavy atom. The van der Waals surface area contributed by atoms with Gasteiger partial charge in [0.05, 0.1) is 12.2 Å². The van der Waals surface area contributed by atoms with Crippen LogP contribution in [-0.4, -0.2) is 44.1 Å². The molecule has 5 rings (SSSR count). The second kappa shape index (κ2) is 8.43. The number of ether oxygens (including phenoxy) is 1. The average Bonchev–Trinajstić information content (AvgIpc) is 2.77. The largest absolute Gasteiger partial charge is 0.375 e. The van der Waals surface area contributed by atoms with Crippen LogP contribution in [0.5, 0.6) is 0 Å². The normalized spacial score (nSPS) is 27.2. The third kappa shape index (κ3) is 3.95. The van der Waals surface area contributed by atoms with Crippen molar-refractivity contribution in [1.29, 1.82) is 0 Å². The summed E-state index contributed by atoms with van der Waals surface area (Å²) in [5.41, 5.74) is 2.15. The minimum atomic E-state index is -3.58. The number of anilines is 1. The molecular formula is C25H31FN2O3S. The number of piperidine rings is 1. The first-order chi connectivity index (χ1) is 15.4. The van der Waals surface area contributed by atoms with E-state index in [9.17, 15) is 8.42 Å². The van der Waals surface area contributed by atoms with E-state index in [0.29, 0.717) is 12.0 Å². The summed E-state index contributed by atoms with van der Waals surface area (Å²) in [6, 6.07) is 14.4.